The maximum absolute atomic E-state index is 11.0. The molecular formula is C20H32O2. The lowest BCUT2D eigenvalue weighted by molar-refractivity contribution is -0.195. The van der Waals surface area contributed by atoms with Gasteiger partial charge in [0.25, 0.3) is 0 Å². The van der Waals surface area contributed by atoms with Crippen LogP contribution in [0.3, 0.4) is 0 Å². The Morgan fingerprint density at radius 3 is 2.41 bits per heavy atom. The molecule has 124 valence electrons. The molecule has 22 heavy (non-hydrogen) atoms. The van der Waals surface area contributed by atoms with Crippen molar-refractivity contribution in [2.45, 2.75) is 77.9 Å². The Labute approximate surface area is 135 Å². The standard InChI is InChI=1S/C20H32O2/c1-12-13-5-6-15-19(4)9-8-16(21)18(2,3)14(19)7-10-20(15,11-13)17(12)22/h13-17,21-22H,1,5-11H2,2-4H3/t13-,14-,15+,16-,17-,19-,20+/m1/s1. The minimum absolute atomic E-state index is 0.00598. The number of fused-ring (bicyclic) bond motifs is 3. The Morgan fingerprint density at radius 1 is 0.955 bits per heavy atom. The predicted octanol–water partition coefficient (Wildman–Crippen LogP) is 3.92. The normalized spacial score (nSPS) is 56.4. The molecule has 2 heteroatoms. The van der Waals surface area contributed by atoms with Gasteiger partial charge in [-0.3, -0.25) is 0 Å². The minimum atomic E-state index is -0.280. The molecule has 0 saturated heterocycles. The van der Waals surface area contributed by atoms with Crippen LogP contribution in [-0.2, 0) is 0 Å². The van der Waals surface area contributed by atoms with E-state index in [-0.39, 0.29) is 28.5 Å². The highest BCUT2D eigenvalue weighted by molar-refractivity contribution is 5.27. The number of hydrogen-bond donors (Lipinski definition) is 2. The van der Waals surface area contributed by atoms with Crippen molar-refractivity contribution in [1.82, 2.24) is 0 Å². The first-order valence-electron chi connectivity index (χ1n) is 9.28. The Bertz CT molecular complexity index is 510. The van der Waals surface area contributed by atoms with Crippen molar-refractivity contribution in [1.29, 1.82) is 0 Å². The quantitative estimate of drug-likeness (QED) is 0.666. The fourth-order valence-electron chi connectivity index (χ4n) is 7.58. The molecular weight excluding hydrogens is 272 g/mol. The highest BCUT2D eigenvalue weighted by atomic mass is 16.3. The SMILES string of the molecule is C=C1[C@@H]2CC[C@H]3[C@]4(C)CC[C@@H](O)C(C)(C)[C@H]4CC[C@@]3(C2)[C@@H]1O. The molecule has 1 spiro atoms. The van der Waals surface area contributed by atoms with Crippen molar-refractivity contribution < 1.29 is 10.2 Å². The van der Waals surface area contributed by atoms with Gasteiger partial charge in [0.15, 0.2) is 0 Å². The highest BCUT2D eigenvalue weighted by Crippen LogP contribution is 2.71. The lowest BCUT2D eigenvalue weighted by atomic mass is 9.40. The van der Waals surface area contributed by atoms with Gasteiger partial charge in [-0.25, -0.2) is 0 Å². The lowest BCUT2D eigenvalue weighted by Crippen LogP contribution is -2.61. The fourth-order valence-corrected chi connectivity index (χ4v) is 7.58. The van der Waals surface area contributed by atoms with E-state index in [2.05, 4.69) is 27.4 Å². The molecule has 0 amide bonds. The van der Waals surface area contributed by atoms with E-state index < -0.39 is 0 Å². The lowest BCUT2D eigenvalue weighted by Gasteiger charge is -2.65. The van der Waals surface area contributed by atoms with Crippen molar-refractivity contribution in [2.75, 3.05) is 0 Å². The molecule has 2 bridgehead atoms. The predicted molar refractivity (Wildman–Crippen MR) is 88.3 cm³/mol. The summed E-state index contributed by atoms with van der Waals surface area (Å²) in [6.45, 7) is 11.3. The zero-order chi connectivity index (χ0) is 15.9. The maximum atomic E-state index is 11.0. The van der Waals surface area contributed by atoms with Crippen molar-refractivity contribution >= 4 is 0 Å². The monoisotopic (exact) mass is 304 g/mol. The number of rotatable bonds is 0. The summed E-state index contributed by atoms with van der Waals surface area (Å²) in [5.74, 6) is 1.75. The Kier molecular flexibility index (Phi) is 3.03. The first-order chi connectivity index (χ1) is 10.2. The summed E-state index contributed by atoms with van der Waals surface area (Å²) in [4.78, 5) is 0. The van der Waals surface area contributed by atoms with E-state index in [1.165, 1.54) is 19.3 Å². The molecule has 0 radical (unpaired) electrons. The van der Waals surface area contributed by atoms with Gasteiger partial charge in [0.1, 0.15) is 0 Å². The summed E-state index contributed by atoms with van der Waals surface area (Å²) in [5.41, 5.74) is 1.51. The van der Waals surface area contributed by atoms with Gasteiger partial charge >= 0.3 is 0 Å². The van der Waals surface area contributed by atoms with Gasteiger partial charge in [0.2, 0.25) is 0 Å². The smallest absolute Gasteiger partial charge is 0.0809 e. The van der Waals surface area contributed by atoms with Crippen LogP contribution in [0.4, 0.5) is 0 Å². The van der Waals surface area contributed by atoms with Crippen LogP contribution in [0.5, 0.6) is 0 Å². The van der Waals surface area contributed by atoms with E-state index in [1.807, 2.05) is 0 Å². The molecule has 0 aliphatic heterocycles. The molecule has 0 aromatic heterocycles. The molecule has 0 unspecified atom stereocenters. The van der Waals surface area contributed by atoms with Crippen LogP contribution in [0.1, 0.15) is 65.7 Å². The third-order valence-electron chi connectivity index (χ3n) is 8.75. The van der Waals surface area contributed by atoms with Crippen LogP contribution < -0.4 is 0 Å². The first kappa shape index (κ1) is 15.2. The van der Waals surface area contributed by atoms with E-state index in [4.69, 9.17) is 0 Å². The third-order valence-corrected chi connectivity index (χ3v) is 8.75. The Morgan fingerprint density at radius 2 is 1.68 bits per heavy atom. The van der Waals surface area contributed by atoms with E-state index in [9.17, 15) is 10.2 Å². The van der Waals surface area contributed by atoms with Crippen LogP contribution in [-0.4, -0.2) is 22.4 Å². The molecule has 4 fully saturated rings. The van der Waals surface area contributed by atoms with Crippen molar-refractivity contribution in [3.8, 4) is 0 Å². The van der Waals surface area contributed by atoms with Gasteiger partial charge in [-0.1, -0.05) is 27.4 Å². The molecule has 0 aromatic rings. The molecule has 2 nitrogen and oxygen atoms in total. The van der Waals surface area contributed by atoms with E-state index >= 15 is 0 Å². The van der Waals surface area contributed by atoms with E-state index in [0.29, 0.717) is 17.8 Å². The van der Waals surface area contributed by atoms with Gasteiger partial charge in [-0.2, -0.15) is 0 Å². The second kappa shape index (κ2) is 4.39. The number of aliphatic hydroxyl groups is 2. The largest absolute Gasteiger partial charge is 0.393 e. The van der Waals surface area contributed by atoms with Gasteiger partial charge < -0.3 is 10.2 Å². The number of hydrogen-bond acceptors (Lipinski definition) is 2. The molecule has 4 aliphatic rings. The summed E-state index contributed by atoms with van der Waals surface area (Å²) in [6, 6.07) is 0. The molecule has 0 heterocycles. The Hall–Kier alpha value is -0.340. The zero-order valence-corrected chi connectivity index (χ0v) is 14.4. The van der Waals surface area contributed by atoms with Crippen LogP contribution in [0.2, 0.25) is 0 Å². The average molecular weight is 304 g/mol. The molecule has 2 N–H and O–H groups in total. The summed E-state index contributed by atoms with van der Waals surface area (Å²) in [7, 11) is 0. The summed E-state index contributed by atoms with van der Waals surface area (Å²) < 4.78 is 0. The van der Waals surface area contributed by atoms with Gasteiger partial charge in [-0.05, 0) is 79.1 Å². The van der Waals surface area contributed by atoms with E-state index in [0.717, 1.165) is 31.3 Å². The van der Waals surface area contributed by atoms with Crippen LogP contribution >= 0.6 is 0 Å². The highest BCUT2D eigenvalue weighted by Gasteiger charge is 2.66. The summed E-state index contributed by atoms with van der Waals surface area (Å²) in [5, 5.41) is 21.5. The van der Waals surface area contributed by atoms with Crippen molar-refractivity contribution in [3.63, 3.8) is 0 Å². The van der Waals surface area contributed by atoms with Crippen LogP contribution in [0.15, 0.2) is 12.2 Å². The molecule has 4 saturated carbocycles. The van der Waals surface area contributed by atoms with Gasteiger partial charge in [0.05, 0.1) is 12.2 Å². The summed E-state index contributed by atoms with van der Waals surface area (Å²) >= 11 is 0. The minimum Gasteiger partial charge on any atom is -0.393 e. The van der Waals surface area contributed by atoms with Crippen molar-refractivity contribution in [3.05, 3.63) is 12.2 Å². The average Bonchev–Trinajstić information content (AvgIpc) is 2.65. The molecule has 4 aliphatic carbocycles. The fraction of sp³-hybridized carbons (Fsp3) is 0.900. The topological polar surface area (TPSA) is 40.5 Å². The van der Waals surface area contributed by atoms with Gasteiger partial charge in [-0.15, -0.1) is 0 Å². The van der Waals surface area contributed by atoms with Crippen LogP contribution in [0, 0.1) is 34.0 Å². The second-order valence-electron chi connectivity index (χ2n) is 9.71. The summed E-state index contributed by atoms with van der Waals surface area (Å²) in [6.07, 6.45) is 7.53. The molecule has 7 atom stereocenters. The maximum Gasteiger partial charge on any atom is 0.0809 e. The third kappa shape index (κ3) is 1.59. The van der Waals surface area contributed by atoms with Crippen molar-refractivity contribution in [2.24, 2.45) is 34.0 Å². The van der Waals surface area contributed by atoms with E-state index in [1.54, 1.807) is 0 Å². The molecule has 0 aromatic carbocycles. The molecule has 4 rings (SSSR count). The second-order valence-corrected chi connectivity index (χ2v) is 9.71. The Balaban J connectivity index is 1.77. The van der Waals surface area contributed by atoms with Crippen LogP contribution in [0.25, 0.3) is 0 Å². The van der Waals surface area contributed by atoms with Gasteiger partial charge in [0, 0.05) is 5.41 Å². The first-order valence-corrected chi connectivity index (χ1v) is 9.28. The zero-order valence-electron chi connectivity index (χ0n) is 14.4. The number of aliphatic hydroxyl groups excluding tert-OH is 2.